The molecule has 0 N–H and O–H groups in total. The zero-order chi connectivity index (χ0) is 12.3. The van der Waals surface area contributed by atoms with Crippen molar-refractivity contribution in [2.75, 3.05) is 17.9 Å². The zero-order valence-corrected chi connectivity index (χ0v) is 11.2. The van der Waals surface area contributed by atoms with Crippen LogP contribution in [0.1, 0.15) is 5.82 Å². The van der Waals surface area contributed by atoms with Crippen LogP contribution in [-0.4, -0.2) is 36.6 Å². The van der Waals surface area contributed by atoms with Crippen LogP contribution < -0.4 is 0 Å². The lowest BCUT2D eigenvalue weighted by atomic mass is 10.4. The molecule has 2 heterocycles. The second-order valence-electron chi connectivity index (χ2n) is 3.74. The molecule has 4 nitrogen and oxygen atoms in total. The van der Waals surface area contributed by atoms with Gasteiger partial charge in [-0.3, -0.25) is 4.21 Å². The molecule has 2 rings (SSSR count). The quantitative estimate of drug-likeness (QED) is 0.776. The largest absolute Gasteiger partial charge is 0.312 e. The van der Waals surface area contributed by atoms with Crippen LogP contribution in [0, 0.1) is 0 Å². The molecule has 0 bridgehead atoms. The first kappa shape index (κ1) is 12.5. The van der Waals surface area contributed by atoms with Gasteiger partial charge in [-0.05, 0) is 12.1 Å². The minimum absolute atomic E-state index is 0.526. The summed E-state index contributed by atoms with van der Waals surface area (Å²) in [4.78, 5) is 8.82. The summed E-state index contributed by atoms with van der Waals surface area (Å²) < 4.78 is 13.2. The third-order valence-corrected chi connectivity index (χ3v) is 3.45. The maximum Gasteiger partial charge on any atom is 0.160 e. The van der Waals surface area contributed by atoms with E-state index in [9.17, 15) is 4.21 Å². The van der Waals surface area contributed by atoms with Crippen molar-refractivity contribution >= 4 is 33.6 Å². The number of halogens is 1. The van der Waals surface area contributed by atoms with E-state index in [0.717, 1.165) is 17.0 Å². The van der Waals surface area contributed by atoms with Crippen LogP contribution in [0.5, 0.6) is 0 Å². The van der Waals surface area contributed by atoms with E-state index in [4.69, 9.17) is 11.6 Å². The smallest absolute Gasteiger partial charge is 0.160 e. The van der Waals surface area contributed by atoms with Gasteiger partial charge in [0.2, 0.25) is 0 Å². The Kier molecular flexibility index (Phi) is 4.12. The van der Waals surface area contributed by atoms with E-state index in [1.54, 1.807) is 12.5 Å². The van der Waals surface area contributed by atoms with Crippen LogP contribution in [0.25, 0.3) is 11.2 Å². The van der Waals surface area contributed by atoms with Gasteiger partial charge in [0.25, 0.3) is 0 Å². The Morgan fingerprint density at radius 3 is 3.06 bits per heavy atom. The summed E-state index contributed by atoms with van der Waals surface area (Å²) in [6.45, 7) is 0.669. The molecule has 1 atom stereocenters. The third-order valence-electron chi connectivity index (χ3n) is 2.50. The molecule has 0 aromatic carbocycles. The fourth-order valence-electron chi connectivity index (χ4n) is 1.74. The Hall–Kier alpha value is -0.940. The summed E-state index contributed by atoms with van der Waals surface area (Å²) in [5.74, 6) is 2.05. The first-order valence-electron chi connectivity index (χ1n) is 5.38. The van der Waals surface area contributed by atoms with Crippen molar-refractivity contribution in [3.05, 3.63) is 24.2 Å². The molecule has 0 radical (unpaired) electrons. The highest BCUT2D eigenvalue weighted by atomic mass is 35.5. The van der Waals surface area contributed by atoms with Crippen LogP contribution in [0.3, 0.4) is 0 Å². The van der Waals surface area contributed by atoms with Crippen LogP contribution >= 0.6 is 11.6 Å². The zero-order valence-electron chi connectivity index (χ0n) is 9.60. The number of alkyl halides is 1. The lowest BCUT2D eigenvalue weighted by molar-refractivity contribution is 0.673. The molecule has 0 spiro atoms. The van der Waals surface area contributed by atoms with E-state index in [-0.39, 0.29) is 0 Å². The average Bonchev–Trinajstić information content (AvgIpc) is 2.64. The predicted molar refractivity (Wildman–Crippen MR) is 70.9 cm³/mol. The number of rotatable bonds is 5. The normalized spacial score (nSPS) is 13.1. The van der Waals surface area contributed by atoms with Crippen LogP contribution in [0.15, 0.2) is 18.3 Å². The van der Waals surface area contributed by atoms with E-state index in [1.807, 2.05) is 16.7 Å². The minimum atomic E-state index is -0.815. The van der Waals surface area contributed by atoms with Gasteiger partial charge in [-0.15, -0.1) is 11.6 Å². The molecule has 0 aliphatic heterocycles. The molecular weight excluding hydrogens is 258 g/mol. The minimum Gasteiger partial charge on any atom is -0.312 e. The fourth-order valence-corrected chi connectivity index (χ4v) is 2.34. The van der Waals surface area contributed by atoms with Gasteiger partial charge in [0.15, 0.2) is 5.65 Å². The van der Waals surface area contributed by atoms with Gasteiger partial charge < -0.3 is 4.57 Å². The number of aryl methyl sites for hydroxylation is 2. The van der Waals surface area contributed by atoms with Crippen molar-refractivity contribution in [1.29, 1.82) is 0 Å². The summed E-state index contributed by atoms with van der Waals surface area (Å²) in [5, 5.41) is 0. The van der Waals surface area contributed by atoms with E-state index in [0.29, 0.717) is 24.6 Å². The summed E-state index contributed by atoms with van der Waals surface area (Å²) in [6, 6.07) is 3.79. The van der Waals surface area contributed by atoms with Gasteiger partial charge >= 0.3 is 0 Å². The molecule has 6 heteroatoms. The van der Waals surface area contributed by atoms with E-state index >= 15 is 0 Å². The lowest BCUT2D eigenvalue weighted by Crippen LogP contribution is -2.10. The van der Waals surface area contributed by atoms with Crippen LogP contribution in [0.2, 0.25) is 0 Å². The molecule has 0 aliphatic carbocycles. The van der Waals surface area contributed by atoms with Gasteiger partial charge in [-0.1, -0.05) is 0 Å². The van der Waals surface area contributed by atoms with Crippen molar-refractivity contribution in [3.8, 4) is 0 Å². The number of nitrogens with zero attached hydrogens (tertiary/aromatic N) is 3. The second-order valence-corrected chi connectivity index (χ2v) is 5.67. The third kappa shape index (κ3) is 2.84. The Balaban J connectivity index is 2.40. The molecule has 0 amide bonds. The van der Waals surface area contributed by atoms with E-state index < -0.39 is 10.8 Å². The maximum atomic E-state index is 11.2. The fraction of sp³-hybridized carbons (Fsp3) is 0.455. The van der Waals surface area contributed by atoms with Crippen LogP contribution in [0.4, 0.5) is 0 Å². The number of aromatic nitrogens is 3. The summed E-state index contributed by atoms with van der Waals surface area (Å²) in [7, 11) is -0.815. The highest BCUT2D eigenvalue weighted by Crippen LogP contribution is 2.14. The molecule has 0 fully saturated rings. The van der Waals surface area contributed by atoms with E-state index in [2.05, 4.69) is 9.97 Å². The number of hydrogen-bond acceptors (Lipinski definition) is 3. The van der Waals surface area contributed by atoms with Gasteiger partial charge in [0, 0.05) is 47.9 Å². The maximum absolute atomic E-state index is 11.2. The van der Waals surface area contributed by atoms with Crippen molar-refractivity contribution in [3.63, 3.8) is 0 Å². The molecule has 17 heavy (non-hydrogen) atoms. The monoisotopic (exact) mass is 271 g/mol. The molecule has 2 aromatic rings. The Labute approximate surface area is 107 Å². The van der Waals surface area contributed by atoms with Gasteiger partial charge in [-0.25, -0.2) is 9.97 Å². The molecule has 0 aliphatic rings. The first-order chi connectivity index (χ1) is 8.22. The predicted octanol–water partition coefficient (Wildman–Crippen LogP) is 1.59. The van der Waals surface area contributed by atoms with Gasteiger partial charge in [-0.2, -0.15) is 0 Å². The van der Waals surface area contributed by atoms with Crippen molar-refractivity contribution in [1.82, 2.24) is 14.5 Å². The van der Waals surface area contributed by atoms with Crippen LogP contribution in [-0.2, 0) is 23.8 Å². The molecule has 0 saturated heterocycles. The van der Waals surface area contributed by atoms with Gasteiger partial charge in [0.1, 0.15) is 11.3 Å². The summed E-state index contributed by atoms with van der Waals surface area (Å²) in [6.07, 6.45) is 4.15. The van der Waals surface area contributed by atoms with Crippen molar-refractivity contribution in [2.45, 2.75) is 13.0 Å². The Morgan fingerprint density at radius 1 is 1.53 bits per heavy atom. The SMILES string of the molecule is CS(=O)CCn1c(CCCl)nc2cccnc21. The number of hydrogen-bond donors (Lipinski definition) is 0. The number of fused-ring (bicyclic) bond motifs is 1. The van der Waals surface area contributed by atoms with Gasteiger partial charge in [0.05, 0.1) is 0 Å². The molecular formula is C11H14ClN3OS. The highest BCUT2D eigenvalue weighted by Gasteiger charge is 2.10. The lowest BCUT2D eigenvalue weighted by Gasteiger charge is -2.06. The summed E-state index contributed by atoms with van der Waals surface area (Å²) >= 11 is 5.76. The molecule has 0 saturated carbocycles. The van der Waals surface area contributed by atoms with E-state index in [1.165, 1.54) is 0 Å². The second kappa shape index (κ2) is 5.60. The number of pyridine rings is 1. The topological polar surface area (TPSA) is 47.8 Å². The Morgan fingerprint density at radius 2 is 2.35 bits per heavy atom. The molecule has 92 valence electrons. The first-order valence-corrected chi connectivity index (χ1v) is 7.64. The van der Waals surface area contributed by atoms with Crippen molar-refractivity contribution < 1.29 is 4.21 Å². The molecule has 2 aromatic heterocycles. The molecule has 1 unspecified atom stereocenters. The standard InChI is InChI=1S/C11H14ClN3OS/c1-17(16)8-7-15-10(4-5-12)14-9-3-2-6-13-11(9)15/h2-3,6H,4-5,7-8H2,1H3. The van der Waals surface area contributed by atoms with Crippen molar-refractivity contribution in [2.24, 2.45) is 0 Å². The average molecular weight is 272 g/mol. The highest BCUT2D eigenvalue weighted by molar-refractivity contribution is 7.84. The summed E-state index contributed by atoms with van der Waals surface area (Å²) in [5.41, 5.74) is 1.72. The number of imidazole rings is 1. The Bertz CT molecular complexity index is 540.